The lowest BCUT2D eigenvalue weighted by atomic mass is 9.76. The highest BCUT2D eigenvalue weighted by molar-refractivity contribution is 7.92. The van der Waals surface area contributed by atoms with Crippen molar-refractivity contribution in [1.29, 1.82) is 5.26 Å². The Morgan fingerprint density at radius 3 is 1.55 bits per heavy atom. The highest BCUT2D eigenvalue weighted by atomic mass is 32.2. The Labute approximate surface area is 223 Å². The lowest BCUT2D eigenvalue weighted by molar-refractivity contribution is -0.143. The van der Waals surface area contributed by atoms with E-state index in [9.17, 15) is 18.5 Å². The monoisotopic (exact) mass is 524 g/mol. The van der Waals surface area contributed by atoms with Crippen LogP contribution in [0.25, 0.3) is 0 Å². The zero-order chi connectivity index (χ0) is 27.0. The van der Waals surface area contributed by atoms with Crippen molar-refractivity contribution >= 4 is 15.8 Å². The maximum atomic E-state index is 13.4. The maximum Gasteiger partial charge on any atom is 0.322 e. The van der Waals surface area contributed by atoms with Gasteiger partial charge in [0.25, 0.3) is 0 Å². The zero-order valence-corrected chi connectivity index (χ0v) is 21.7. The Kier molecular flexibility index (Phi) is 8.37. The van der Waals surface area contributed by atoms with Crippen LogP contribution in [0, 0.1) is 11.3 Å². The molecule has 7 heteroatoms. The first-order valence-corrected chi connectivity index (χ1v) is 13.7. The number of hydrogen-bond acceptors (Lipinski definition) is 6. The molecule has 0 aliphatic heterocycles. The second-order valence-corrected chi connectivity index (χ2v) is 10.9. The largest absolute Gasteiger partial charge is 0.468 e. The number of methoxy groups -OCH3 is 1. The van der Waals surface area contributed by atoms with Gasteiger partial charge in [0.2, 0.25) is 0 Å². The van der Waals surface area contributed by atoms with E-state index < -0.39 is 32.6 Å². The Morgan fingerprint density at radius 1 is 0.789 bits per heavy atom. The second kappa shape index (κ2) is 11.9. The van der Waals surface area contributed by atoms with Gasteiger partial charge in [-0.15, -0.1) is 0 Å². The Balaban J connectivity index is 1.87. The standard InChI is InChI=1S/C31H28N2O4S/c1-37-30(34)29(22-28(23-32)38(35,36)27-20-12-5-13-21-27)33-31(24-14-6-2-7-15-24,25-16-8-3-9-17-25)26-18-10-4-11-19-26/h2-21,28-29,33H,22H2,1H3/t28-,29-/m0/s1. The molecule has 0 saturated heterocycles. The lowest BCUT2D eigenvalue weighted by Crippen LogP contribution is -2.54. The first-order valence-electron chi connectivity index (χ1n) is 12.1. The molecule has 4 aromatic carbocycles. The molecule has 6 nitrogen and oxygen atoms in total. The summed E-state index contributed by atoms with van der Waals surface area (Å²) in [5.41, 5.74) is 1.46. The third kappa shape index (κ3) is 5.37. The van der Waals surface area contributed by atoms with E-state index in [1.807, 2.05) is 97.1 Å². The highest BCUT2D eigenvalue weighted by Crippen LogP contribution is 2.38. The molecule has 0 amide bonds. The van der Waals surface area contributed by atoms with E-state index in [1.54, 1.807) is 18.2 Å². The summed E-state index contributed by atoms with van der Waals surface area (Å²) >= 11 is 0. The second-order valence-electron chi connectivity index (χ2n) is 8.78. The van der Waals surface area contributed by atoms with Gasteiger partial charge in [0, 0.05) is 6.42 Å². The molecule has 4 aromatic rings. The molecule has 4 rings (SSSR count). The Morgan fingerprint density at radius 2 is 1.18 bits per heavy atom. The van der Waals surface area contributed by atoms with Crippen LogP contribution in [0.2, 0.25) is 0 Å². The van der Waals surface area contributed by atoms with E-state index in [0.717, 1.165) is 16.7 Å². The number of esters is 1. The molecular formula is C31H28N2O4S. The molecule has 0 spiro atoms. The van der Waals surface area contributed by atoms with Gasteiger partial charge in [-0.2, -0.15) is 5.26 Å². The third-order valence-electron chi connectivity index (χ3n) is 6.54. The minimum absolute atomic E-state index is 0.0237. The lowest BCUT2D eigenvalue weighted by Gasteiger charge is -2.39. The van der Waals surface area contributed by atoms with E-state index in [2.05, 4.69) is 5.32 Å². The number of ether oxygens (including phenoxy) is 1. The number of carbonyl (C=O) groups excluding carboxylic acids is 1. The van der Waals surface area contributed by atoms with Crippen molar-refractivity contribution in [3.05, 3.63) is 138 Å². The minimum atomic E-state index is -4.05. The predicted octanol–water partition coefficient (Wildman–Crippen LogP) is 4.87. The molecule has 192 valence electrons. The zero-order valence-electron chi connectivity index (χ0n) is 20.9. The quantitative estimate of drug-likeness (QED) is 0.235. The van der Waals surface area contributed by atoms with Crippen LogP contribution in [-0.2, 0) is 24.9 Å². The maximum absolute atomic E-state index is 13.4. The summed E-state index contributed by atoms with van der Waals surface area (Å²) in [5.74, 6) is -0.666. The third-order valence-corrected chi connectivity index (χ3v) is 8.51. The molecule has 0 unspecified atom stereocenters. The van der Waals surface area contributed by atoms with Gasteiger partial charge in [-0.1, -0.05) is 109 Å². The molecule has 0 saturated carbocycles. The van der Waals surface area contributed by atoms with Crippen molar-refractivity contribution in [3.63, 3.8) is 0 Å². The number of carbonyl (C=O) groups is 1. The van der Waals surface area contributed by atoms with E-state index in [1.165, 1.54) is 19.2 Å². The summed E-state index contributed by atoms with van der Waals surface area (Å²) in [6.45, 7) is 0. The highest BCUT2D eigenvalue weighted by Gasteiger charge is 2.42. The number of sulfone groups is 1. The van der Waals surface area contributed by atoms with Gasteiger partial charge in [-0.3, -0.25) is 10.1 Å². The van der Waals surface area contributed by atoms with Crippen LogP contribution in [0.3, 0.4) is 0 Å². The van der Waals surface area contributed by atoms with Crippen molar-refractivity contribution in [2.75, 3.05) is 7.11 Å². The Bertz CT molecular complexity index is 1390. The van der Waals surface area contributed by atoms with E-state index in [4.69, 9.17) is 4.74 Å². The molecule has 2 atom stereocenters. The van der Waals surface area contributed by atoms with Crippen molar-refractivity contribution in [1.82, 2.24) is 5.32 Å². The number of nitrogens with zero attached hydrogens (tertiary/aromatic N) is 1. The molecule has 0 aliphatic rings. The number of nitrogens with one attached hydrogen (secondary N) is 1. The fraction of sp³-hybridized carbons (Fsp3) is 0.161. The van der Waals surface area contributed by atoms with Crippen molar-refractivity contribution in [2.45, 2.75) is 28.1 Å². The van der Waals surface area contributed by atoms with E-state index in [-0.39, 0.29) is 11.3 Å². The summed E-state index contributed by atoms with van der Waals surface area (Å²) in [4.78, 5) is 13.2. The van der Waals surface area contributed by atoms with Gasteiger partial charge >= 0.3 is 5.97 Å². The number of hydrogen-bond donors (Lipinski definition) is 1. The van der Waals surface area contributed by atoms with Gasteiger partial charge in [0.1, 0.15) is 6.04 Å². The topological polar surface area (TPSA) is 96.3 Å². The molecule has 0 aliphatic carbocycles. The summed E-state index contributed by atoms with van der Waals surface area (Å²) in [6.07, 6.45) is -0.311. The van der Waals surface area contributed by atoms with Gasteiger partial charge in [-0.05, 0) is 28.8 Å². The van der Waals surface area contributed by atoms with Gasteiger partial charge in [0.05, 0.1) is 23.6 Å². The average Bonchev–Trinajstić information content (AvgIpc) is 2.98. The smallest absolute Gasteiger partial charge is 0.322 e. The van der Waals surface area contributed by atoms with Gasteiger partial charge < -0.3 is 4.74 Å². The molecule has 0 aromatic heterocycles. The van der Waals surface area contributed by atoms with Crippen molar-refractivity contribution < 1.29 is 17.9 Å². The van der Waals surface area contributed by atoms with Crippen LogP contribution in [0.4, 0.5) is 0 Å². The Hall–Kier alpha value is -4.25. The summed E-state index contributed by atoms with van der Waals surface area (Å²) < 4.78 is 31.9. The molecule has 0 fully saturated rings. The van der Waals surface area contributed by atoms with Gasteiger partial charge in [-0.25, -0.2) is 8.42 Å². The number of rotatable bonds is 10. The SMILES string of the molecule is COC(=O)[C@H](C[C@@H](C#N)S(=O)(=O)c1ccccc1)NC(c1ccccc1)(c1ccccc1)c1ccccc1. The fourth-order valence-electron chi connectivity index (χ4n) is 4.67. The fourth-order valence-corrected chi connectivity index (χ4v) is 6.12. The van der Waals surface area contributed by atoms with Crippen LogP contribution in [0.15, 0.2) is 126 Å². The molecule has 0 radical (unpaired) electrons. The molecule has 1 N–H and O–H groups in total. The minimum Gasteiger partial charge on any atom is -0.468 e. The normalized spacial score (nSPS) is 13.2. The summed E-state index contributed by atoms with van der Waals surface area (Å²) in [6, 6.07) is 37.4. The number of benzene rings is 4. The van der Waals surface area contributed by atoms with Crippen LogP contribution in [-0.4, -0.2) is 32.8 Å². The van der Waals surface area contributed by atoms with E-state index >= 15 is 0 Å². The average molecular weight is 525 g/mol. The summed E-state index contributed by atoms with van der Waals surface area (Å²) in [7, 11) is -2.80. The number of nitriles is 1. The molecule has 0 heterocycles. The molecule has 0 bridgehead atoms. The summed E-state index contributed by atoms with van der Waals surface area (Å²) in [5, 5.41) is 11.9. The van der Waals surface area contributed by atoms with Crippen LogP contribution >= 0.6 is 0 Å². The van der Waals surface area contributed by atoms with Crippen molar-refractivity contribution in [2.24, 2.45) is 0 Å². The van der Waals surface area contributed by atoms with E-state index in [0.29, 0.717) is 0 Å². The molecular weight excluding hydrogens is 496 g/mol. The first-order chi connectivity index (χ1) is 18.4. The molecule has 38 heavy (non-hydrogen) atoms. The van der Waals surface area contributed by atoms with Crippen LogP contribution in [0.5, 0.6) is 0 Å². The van der Waals surface area contributed by atoms with Crippen LogP contribution in [0.1, 0.15) is 23.1 Å². The first kappa shape index (κ1) is 26.8. The van der Waals surface area contributed by atoms with Gasteiger partial charge in [0.15, 0.2) is 15.1 Å². The predicted molar refractivity (Wildman–Crippen MR) is 146 cm³/mol. The van der Waals surface area contributed by atoms with Crippen molar-refractivity contribution in [3.8, 4) is 6.07 Å². The van der Waals surface area contributed by atoms with Crippen LogP contribution < -0.4 is 5.32 Å².